The smallest absolute Gasteiger partial charge is 0.241 e. The summed E-state index contributed by atoms with van der Waals surface area (Å²) in [6.45, 7) is 3.92. The lowest BCUT2D eigenvalue weighted by molar-refractivity contribution is 0.155. The zero-order chi connectivity index (χ0) is 16.1. The summed E-state index contributed by atoms with van der Waals surface area (Å²) < 4.78 is 18.3. The highest BCUT2D eigenvalue weighted by Gasteiger charge is 2.20. The number of benzene rings is 1. The second-order valence-electron chi connectivity index (χ2n) is 6.13. The molecule has 6 heteroatoms. The second kappa shape index (κ2) is 7.66. The van der Waals surface area contributed by atoms with Gasteiger partial charge in [0.2, 0.25) is 11.7 Å². The number of piperidine rings is 1. The standard InChI is InChI=1S/C17H23FN4O/c1-19-9-6-13-7-10-22(11-8-13)12-16-20-17(21-23-16)14-2-4-15(18)5-3-14/h2-5,13,19H,6-12H2,1H3. The monoisotopic (exact) mass is 318 g/mol. The molecule has 1 saturated heterocycles. The van der Waals surface area contributed by atoms with E-state index in [-0.39, 0.29) is 5.82 Å². The Bertz CT molecular complexity index is 605. The molecule has 1 aliphatic heterocycles. The minimum Gasteiger partial charge on any atom is -0.338 e. The van der Waals surface area contributed by atoms with E-state index < -0.39 is 0 Å². The molecule has 1 aliphatic rings. The molecule has 0 unspecified atom stereocenters. The minimum atomic E-state index is -0.265. The number of rotatable bonds is 6. The molecule has 1 fully saturated rings. The van der Waals surface area contributed by atoms with Crippen molar-refractivity contribution in [1.29, 1.82) is 0 Å². The maximum Gasteiger partial charge on any atom is 0.241 e. The fourth-order valence-electron chi connectivity index (χ4n) is 3.01. The van der Waals surface area contributed by atoms with Crippen LogP contribution in [0.2, 0.25) is 0 Å². The molecule has 0 atom stereocenters. The van der Waals surface area contributed by atoms with E-state index >= 15 is 0 Å². The van der Waals surface area contributed by atoms with E-state index in [0.29, 0.717) is 18.3 Å². The van der Waals surface area contributed by atoms with Gasteiger partial charge in [0.15, 0.2) is 0 Å². The average Bonchev–Trinajstić information content (AvgIpc) is 3.03. The molecule has 0 amide bonds. The molecule has 2 aromatic rings. The summed E-state index contributed by atoms with van der Waals surface area (Å²) in [6, 6.07) is 6.14. The predicted octanol–water partition coefficient (Wildman–Crippen LogP) is 2.70. The lowest BCUT2D eigenvalue weighted by atomic mass is 9.93. The van der Waals surface area contributed by atoms with Crippen molar-refractivity contribution in [3.05, 3.63) is 36.0 Å². The van der Waals surface area contributed by atoms with Crippen molar-refractivity contribution in [3.8, 4) is 11.4 Å². The number of nitrogens with one attached hydrogen (secondary N) is 1. The third kappa shape index (κ3) is 4.36. The van der Waals surface area contributed by atoms with E-state index in [1.54, 1.807) is 12.1 Å². The molecule has 1 aromatic carbocycles. The van der Waals surface area contributed by atoms with Gasteiger partial charge >= 0.3 is 0 Å². The Hall–Kier alpha value is -1.79. The number of halogens is 1. The molecule has 5 nitrogen and oxygen atoms in total. The van der Waals surface area contributed by atoms with Gasteiger partial charge < -0.3 is 9.84 Å². The molecule has 0 saturated carbocycles. The number of likely N-dealkylation sites (tertiary alicyclic amines) is 1. The molecule has 2 heterocycles. The number of nitrogens with zero attached hydrogens (tertiary/aromatic N) is 3. The van der Waals surface area contributed by atoms with Gasteiger partial charge in [-0.05, 0) is 76.1 Å². The van der Waals surface area contributed by atoms with Crippen LogP contribution in [0.1, 0.15) is 25.2 Å². The van der Waals surface area contributed by atoms with E-state index in [9.17, 15) is 4.39 Å². The van der Waals surface area contributed by atoms with Crippen molar-refractivity contribution in [1.82, 2.24) is 20.4 Å². The van der Waals surface area contributed by atoms with Crippen molar-refractivity contribution >= 4 is 0 Å². The fourth-order valence-corrected chi connectivity index (χ4v) is 3.01. The molecular weight excluding hydrogens is 295 g/mol. The summed E-state index contributed by atoms with van der Waals surface area (Å²) in [5.41, 5.74) is 0.771. The fraction of sp³-hybridized carbons (Fsp3) is 0.529. The molecule has 3 rings (SSSR count). The Morgan fingerprint density at radius 3 is 2.70 bits per heavy atom. The maximum atomic E-state index is 13.0. The lowest BCUT2D eigenvalue weighted by Crippen LogP contribution is -2.34. The second-order valence-corrected chi connectivity index (χ2v) is 6.13. The SMILES string of the molecule is CNCCC1CCN(Cc2nc(-c3ccc(F)cc3)no2)CC1. The van der Waals surface area contributed by atoms with Gasteiger partial charge in [-0.25, -0.2) is 4.39 Å². The van der Waals surface area contributed by atoms with Crippen LogP contribution >= 0.6 is 0 Å². The van der Waals surface area contributed by atoms with Crippen LogP contribution in [0.15, 0.2) is 28.8 Å². The quantitative estimate of drug-likeness (QED) is 0.887. The molecule has 0 spiro atoms. The molecule has 0 bridgehead atoms. The van der Waals surface area contributed by atoms with E-state index in [2.05, 4.69) is 20.4 Å². The molecular formula is C17H23FN4O. The summed E-state index contributed by atoms with van der Waals surface area (Å²) in [6.07, 6.45) is 3.70. The first-order valence-electron chi connectivity index (χ1n) is 8.20. The zero-order valence-electron chi connectivity index (χ0n) is 13.5. The van der Waals surface area contributed by atoms with Crippen LogP contribution in [0.4, 0.5) is 4.39 Å². The summed E-state index contributed by atoms with van der Waals surface area (Å²) >= 11 is 0. The Morgan fingerprint density at radius 1 is 1.26 bits per heavy atom. The summed E-state index contributed by atoms with van der Waals surface area (Å²) in [7, 11) is 2.00. The average molecular weight is 318 g/mol. The third-order valence-corrected chi connectivity index (χ3v) is 4.44. The minimum absolute atomic E-state index is 0.265. The molecule has 0 aliphatic carbocycles. The van der Waals surface area contributed by atoms with Gasteiger partial charge in [0, 0.05) is 5.56 Å². The van der Waals surface area contributed by atoms with E-state index in [4.69, 9.17) is 4.52 Å². The van der Waals surface area contributed by atoms with Crippen LogP contribution in [0.5, 0.6) is 0 Å². The summed E-state index contributed by atoms with van der Waals surface area (Å²) in [5, 5.41) is 7.21. The van der Waals surface area contributed by atoms with E-state index in [1.807, 2.05) is 7.05 Å². The van der Waals surface area contributed by atoms with Crippen LogP contribution in [0.25, 0.3) is 11.4 Å². The van der Waals surface area contributed by atoms with Crippen LogP contribution in [0, 0.1) is 11.7 Å². The Kier molecular flexibility index (Phi) is 5.35. The first-order valence-corrected chi connectivity index (χ1v) is 8.20. The zero-order valence-corrected chi connectivity index (χ0v) is 13.5. The summed E-state index contributed by atoms with van der Waals surface area (Å²) in [5.74, 6) is 1.69. The normalized spacial score (nSPS) is 16.8. The van der Waals surface area contributed by atoms with Crippen LogP contribution < -0.4 is 5.32 Å². The number of hydrogen-bond acceptors (Lipinski definition) is 5. The van der Waals surface area contributed by atoms with Crippen LogP contribution in [-0.2, 0) is 6.54 Å². The van der Waals surface area contributed by atoms with E-state index in [0.717, 1.165) is 31.1 Å². The van der Waals surface area contributed by atoms with Crippen molar-refractivity contribution in [3.63, 3.8) is 0 Å². The topological polar surface area (TPSA) is 54.2 Å². The highest BCUT2D eigenvalue weighted by atomic mass is 19.1. The Balaban J connectivity index is 1.53. The molecule has 0 radical (unpaired) electrons. The maximum absolute atomic E-state index is 13.0. The Labute approximate surface area is 135 Å². The van der Waals surface area contributed by atoms with Gasteiger partial charge in [-0.15, -0.1) is 0 Å². The van der Waals surface area contributed by atoms with Gasteiger partial charge in [-0.3, -0.25) is 4.90 Å². The van der Waals surface area contributed by atoms with Crippen molar-refractivity contribution in [2.45, 2.75) is 25.8 Å². The van der Waals surface area contributed by atoms with Crippen LogP contribution in [-0.4, -0.2) is 41.7 Å². The van der Waals surface area contributed by atoms with Gasteiger partial charge in [0.25, 0.3) is 0 Å². The van der Waals surface area contributed by atoms with E-state index in [1.165, 1.54) is 31.4 Å². The van der Waals surface area contributed by atoms with Crippen molar-refractivity contribution < 1.29 is 8.91 Å². The Morgan fingerprint density at radius 2 is 2.00 bits per heavy atom. The lowest BCUT2D eigenvalue weighted by Gasteiger charge is -2.30. The third-order valence-electron chi connectivity index (χ3n) is 4.44. The van der Waals surface area contributed by atoms with Gasteiger partial charge in [-0.2, -0.15) is 4.98 Å². The number of aromatic nitrogens is 2. The molecule has 1 N–H and O–H groups in total. The highest BCUT2D eigenvalue weighted by Crippen LogP contribution is 2.22. The van der Waals surface area contributed by atoms with Crippen molar-refractivity contribution in [2.24, 2.45) is 5.92 Å². The van der Waals surface area contributed by atoms with Gasteiger partial charge in [0.1, 0.15) is 5.82 Å². The van der Waals surface area contributed by atoms with Crippen molar-refractivity contribution in [2.75, 3.05) is 26.7 Å². The summed E-state index contributed by atoms with van der Waals surface area (Å²) in [4.78, 5) is 6.78. The first-order chi connectivity index (χ1) is 11.2. The highest BCUT2D eigenvalue weighted by molar-refractivity contribution is 5.53. The predicted molar refractivity (Wildman–Crippen MR) is 86.2 cm³/mol. The molecule has 124 valence electrons. The molecule has 23 heavy (non-hydrogen) atoms. The van der Waals surface area contributed by atoms with Crippen LogP contribution in [0.3, 0.4) is 0 Å². The number of hydrogen-bond donors (Lipinski definition) is 1. The first kappa shape index (κ1) is 16.1. The largest absolute Gasteiger partial charge is 0.338 e. The van der Waals surface area contributed by atoms with Gasteiger partial charge in [0.05, 0.1) is 6.54 Å². The molecule has 1 aromatic heterocycles. The van der Waals surface area contributed by atoms with Gasteiger partial charge in [-0.1, -0.05) is 5.16 Å².